The minimum Gasteiger partial charge on any atom is -0.478 e. The number of nitrogens with zero attached hydrogens (tertiary/aromatic N) is 4. The monoisotopic (exact) mass is 716 g/mol. The van der Waals surface area contributed by atoms with Crippen molar-refractivity contribution in [3.8, 4) is 5.75 Å². The van der Waals surface area contributed by atoms with Crippen molar-refractivity contribution in [2.24, 2.45) is 5.92 Å². The summed E-state index contributed by atoms with van der Waals surface area (Å²) in [5.41, 5.74) is 0.342. The first-order valence-corrected chi connectivity index (χ1v) is 17.4. The van der Waals surface area contributed by atoms with Gasteiger partial charge in [0.2, 0.25) is 5.91 Å². The Bertz CT molecular complexity index is 1430. The third kappa shape index (κ3) is 8.68. The molecule has 2 aromatic carbocycles. The lowest BCUT2D eigenvalue weighted by Crippen LogP contribution is -2.57. The fourth-order valence-corrected chi connectivity index (χ4v) is 6.59. The van der Waals surface area contributed by atoms with E-state index in [4.69, 9.17) is 21.1 Å². The SMILES string of the molecule is CC(C)(C)OC(=O)N1CCN(C(=O)C(C)(C)Oc2cccc(N3CCC[C@@H](C(=O)N(Cc4ccc(Br)c(Cl)c4)C4CC4)C3)c2)CC1. The second-order valence-electron chi connectivity index (χ2n) is 14.1. The summed E-state index contributed by atoms with van der Waals surface area (Å²) in [6.45, 7) is 12.8. The van der Waals surface area contributed by atoms with Gasteiger partial charge in [-0.1, -0.05) is 23.7 Å². The van der Waals surface area contributed by atoms with Crippen LogP contribution in [0.1, 0.15) is 65.9 Å². The number of carbonyl (C=O) groups excluding carboxylic acids is 3. The highest BCUT2D eigenvalue weighted by Crippen LogP contribution is 2.34. The maximum absolute atomic E-state index is 13.9. The van der Waals surface area contributed by atoms with E-state index in [0.717, 1.165) is 48.0 Å². The second-order valence-corrected chi connectivity index (χ2v) is 15.4. The number of anilines is 1. The van der Waals surface area contributed by atoms with Gasteiger partial charge in [0.05, 0.1) is 10.9 Å². The molecule has 1 saturated carbocycles. The molecular formula is C35H46BrClN4O5. The van der Waals surface area contributed by atoms with Crippen LogP contribution in [0.25, 0.3) is 0 Å². The van der Waals surface area contributed by atoms with E-state index in [2.05, 4.69) is 25.7 Å². The van der Waals surface area contributed by atoms with Crippen molar-refractivity contribution >= 4 is 51.1 Å². The number of piperazine rings is 1. The summed E-state index contributed by atoms with van der Waals surface area (Å²) in [5.74, 6) is 0.584. The quantitative estimate of drug-likeness (QED) is 0.301. The lowest BCUT2D eigenvalue weighted by Gasteiger charge is -2.39. The van der Waals surface area contributed by atoms with Crippen molar-refractivity contribution in [3.05, 3.63) is 57.5 Å². The molecule has 0 N–H and O–H groups in total. The van der Waals surface area contributed by atoms with Crippen LogP contribution in [0.3, 0.4) is 0 Å². The van der Waals surface area contributed by atoms with Gasteiger partial charge in [-0.15, -0.1) is 0 Å². The lowest BCUT2D eigenvalue weighted by atomic mass is 9.95. The standard InChI is InChI=1S/C35H46BrClN4O5/c1-34(2,3)46-33(44)39-18-16-38(17-19-39)32(43)35(4,5)45-28-10-6-9-27(21-28)40-15-7-8-25(23-40)31(42)41(26-12-13-26)22-24-11-14-29(36)30(37)20-24/h6,9-11,14,20-21,25-26H,7-8,12-13,15-19,22-23H2,1-5H3/t25-/m1/s1. The number of carbonyl (C=O) groups is 3. The second kappa shape index (κ2) is 14.0. The van der Waals surface area contributed by atoms with E-state index >= 15 is 0 Å². The van der Waals surface area contributed by atoms with Crippen molar-refractivity contribution in [1.29, 1.82) is 0 Å². The maximum atomic E-state index is 13.9. The van der Waals surface area contributed by atoms with Crippen molar-refractivity contribution in [1.82, 2.24) is 14.7 Å². The molecule has 3 fully saturated rings. The first-order valence-electron chi connectivity index (χ1n) is 16.3. The van der Waals surface area contributed by atoms with Crippen molar-refractivity contribution in [2.45, 2.75) is 84.1 Å². The third-order valence-corrected chi connectivity index (χ3v) is 9.90. The number of rotatable bonds is 8. The highest BCUT2D eigenvalue weighted by Gasteiger charge is 2.39. The summed E-state index contributed by atoms with van der Waals surface area (Å²) >= 11 is 9.80. The largest absolute Gasteiger partial charge is 0.478 e. The Balaban J connectivity index is 1.19. The normalized spacial score (nSPS) is 19.1. The molecule has 3 amide bonds. The highest BCUT2D eigenvalue weighted by atomic mass is 79.9. The number of amides is 3. The van der Waals surface area contributed by atoms with E-state index in [0.29, 0.717) is 56.1 Å². The van der Waals surface area contributed by atoms with Crippen LogP contribution in [0.2, 0.25) is 5.02 Å². The highest BCUT2D eigenvalue weighted by molar-refractivity contribution is 9.10. The predicted molar refractivity (Wildman–Crippen MR) is 183 cm³/mol. The van der Waals surface area contributed by atoms with Crippen LogP contribution in [0.4, 0.5) is 10.5 Å². The predicted octanol–water partition coefficient (Wildman–Crippen LogP) is 6.75. The molecule has 2 saturated heterocycles. The maximum Gasteiger partial charge on any atom is 0.410 e. The van der Waals surface area contributed by atoms with Gasteiger partial charge >= 0.3 is 6.09 Å². The van der Waals surface area contributed by atoms with Crippen LogP contribution in [0, 0.1) is 5.92 Å². The Kier molecular flexibility index (Phi) is 10.5. The third-order valence-electron chi connectivity index (χ3n) is 8.67. The van der Waals surface area contributed by atoms with Gasteiger partial charge in [0.1, 0.15) is 11.4 Å². The summed E-state index contributed by atoms with van der Waals surface area (Å²) in [7, 11) is 0. The Morgan fingerprint density at radius 2 is 1.63 bits per heavy atom. The molecule has 250 valence electrons. The summed E-state index contributed by atoms with van der Waals surface area (Å²) in [6, 6.07) is 14.0. The van der Waals surface area contributed by atoms with Gasteiger partial charge in [0.25, 0.3) is 5.91 Å². The zero-order valence-electron chi connectivity index (χ0n) is 27.6. The van der Waals surface area contributed by atoms with E-state index < -0.39 is 11.2 Å². The Morgan fingerprint density at radius 1 is 0.935 bits per heavy atom. The van der Waals surface area contributed by atoms with Crippen LogP contribution in [0.15, 0.2) is 46.9 Å². The Morgan fingerprint density at radius 3 is 2.28 bits per heavy atom. The van der Waals surface area contributed by atoms with E-state index in [1.165, 1.54) is 0 Å². The number of benzene rings is 2. The molecule has 5 rings (SSSR count). The molecule has 46 heavy (non-hydrogen) atoms. The molecule has 0 aromatic heterocycles. The molecular weight excluding hydrogens is 672 g/mol. The Labute approximate surface area is 286 Å². The van der Waals surface area contributed by atoms with Gasteiger partial charge in [-0.05, 0) is 106 Å². The molecule has 2 aromatic rings. The van der Waals surface area contributed by atoms with Gasteiger partial charge in [0, 0.05) is 68.1 Å². The molecule has 1 aliphatic carbocycles. The average molecular weight is 718 g/mol. The van der Waals surface area contributed by atoms with Crippen molar-refractivity contribution in [3.63, 3.8) is 0 Å². The molecule has 0 bridgehead atoms. The summed E-state index contributed by atoms with van der Waals surface area (Å²) in [6.07, 6.45) is 3.50. The molecule has 0 spiro atoms. The molecule has 11 heteroatoms. The molecule has 2 heterocycles. The van der Waals surface area contributed by atoms with Gasteiger partial charge in [-0.3, -0.25) is 9.59 Å². The van der Waals surface area contributed by atoms with Crippen LogP contribution >= 0.6 is 27.5 Å². The summed E-state index contributed by atoms with van der Waals surface area (Å²) < 4.78 is 12.6. The molecule has 3 aliphatic rings. The van der Waals surface area contributed by atoms with Gasteiger partial charge in [-0.2, -0.15) is 0 Å². The van der Waals surface area contributed by atoms with Crippen LogP contribution in [0.5, 0.6) is 5.75 Å². The van der Waals surface area contributed by atoms with E-state index in [1.54, 1.807) is 23.6 Å². The number of ether oxygens (including phenoxy) is 2. The van der Waals surface area contributed by atoms with Crippen molar-refractivity contribution < 1.29 is 23.9 Å². The van der Waals surface area contributed by atoms with Crippen LogP contribution in [-0.2, 0) is 20.9 Å². The number of hydrogen-bond acceptors (Lipinski definition) is 6. The Hall–Kier alpha value is -2.98. The fourth-order valence-electron chi connectivity index (χ4n) is 6.14. The van der Waals surface area contributed by atoms with Gasteiger partial charge < -0.3 is 29.1 Å². The molecule has 0 unspecified atom stereocenters. The molecule has 2 aliphatic heterocycles. The zero-order chi connectivity index (χ0) is 33.2. The smallest absolute Gasteiger partial charge is 0.410 e. The molecule has 0 radical (unpaired) electrons. The fraction of sp³-hybridized carbons (Fsp3) is 0.571. The van der Waals surface area contributed by atoms with E-state index in [1.807, 2.05) is 63.2 Å². The first-order chi connectivity index (χ1) is 21.7. The van der Waals surface area contributed by atoms with Gasteiger partial charge in [-0.25, -0.2) is 4.79 Å². The number of piperidine rings is 1. The van der Waals surface area contributed by atoms with Crippen LogP contribution < -0.4 is 9.64 Å². The first kappa shape index (κ1) is 34.4. The average Bonchev–Trinajstić information content (AvgIpc) is 3.86. The molecule has 9 nitrogen and oxygen atoms in total. The minimum absolute atomic E-state index is 0.0952. The van der Waals surface area contributed by atoms with Crippen LogP contribution in [-0.4, -0.2) is 89.1 Å². The number of halogens is 2. The summed E-state index contributed by atoms with van der Waals surface area (Å²) in [4.78, 5) is 47.6. The summed E-state index contributed by atoms with van der Waals surface area (Å²) in [5, 5.41) is 0.650. The zero-order valence-corrected chi connectivity index (χ0v) is 29.9. The topological polar surface area (TPSA) is 82.6 Å². The van der Waals surface area contributed by atoms with Gasteiger partial charge in [0.15, 0.2) is 5.60 Å². The van der Waals surface area contributed by atoms with E-state index in [9.17, 15) is 14.4 Å². The van der Waals surface area contributed by atoms with Crippen molar-refractivity contribution in [2.75, 3.05) is 44.2 Å². The minimum atomic E-state index is -1.10. The van der Waals surface area contributed by atoms with E-state index in [-0.39, 0.29) is 23.8 Å². The lowest BCUT2D eigenvalue weighted by molar-refractivity contribution is -0.147. The number of hydrogen-bond donors (Lipinski definition) is 0. The molecule has 1 atom stereocenters.